The number of esters is 1. The normalized spacial score (nSPS) is 16.8. The number of rotatable bonds is 5. The number of morpholine rings is 1. The van der Waals surface area contributed by atoms with Gasteiger partial charge in [-0.1, -0.05) is 0 Å². The maximum absolute atomic E-state index is 13.1. The molecule has 2 heterocycles. The van der Waals surface area contributed by atoms with Gasteiger partial charge in [0.1, 0.15) is 11.3 Å². The zero-order chi connectivity index (χ0) is 20.7. The van der Waals surface area contributed by atoms with Crippen LogP contribution >= 0.6 is 0 Å². The number of anilines is 1. The van der Waals surface area contributed by atoms with Crippen molar-refractivity contribution < 1.29 is 19.2 Å². The zero-order valence-electron chi connectivity index (χ0n) is 16.5. The first-order valence-electron chi connectivity index (χ1n) is 9.80. The first kappa shape index (κ1) is 19.4. The van der Waals surface area contributed by atoms with Crippen LogP contribution in [0.15, 0.2) is 17.1 Å². The molecule has 1 aromatic carbocycles. The van der Waals surface area contributed by atoms with E-state index in [1.54, 1.807) is 13.1 Å². The van der Waals surface area contributed by atoms with Crippen molar-refractivity contribution in [1.29, 1.82) is 0 Å². The highest BCUT2D eigenvalue weighted by Gasteiger charge is 2.32. The molecule has 2 fully saturated rings. The Morgan fingerprint density at radius 2 is 2.03 bits per heavy atom. The van der Waals surface area contributed by atoms with E-state index in [0.717, 1.165) is 12.8 Å². The molecule has 0 atom stereocenters. The van der Waals surface area contributed by atoms with Crippen molar-refractivity contribution in [3.05, 3.63) is 43.7 Å². The van der Waals surface area contributed by atoms with Crippen LogP contribution in [-0.4, -0.2) is 48.4 Å². The lowest BCUT2D eigenvalue weighted by Gasteiger charge is -2.30. The summed E-state index contributed by atoms with van der Waals surface area (Å²) in [4.78, 5) is 38.8. The summed E-state index contributed by atoms with van der Waals surface area (Å²) in [5, 5.41) is 12.1. The van der Waals surface area contributed by atoms with Crippen LogP contribution in [0.1, 0.15) is 41.7 Å². The highest BCUT2D eigenvalue weighted by atomic mass is 16.6. The van der Waals surface area contributed by atoms with E-state index >= 15 is 0 Å². The predicted molar refractivity (Wildman–Crippen MR) is 107 cm³/mol. The Morgan fingerprint density at radius 1 is 1.34 bits per heavy atom. The Bertz CT molecular complexity index is 1050. The molecule has 1 aromatic heterocycles. The van der Waals surface area contributed by atoms with Crippen molar-refractivity contribution in [3.63, 3.8) is 0 Å². The molecule has 1 saturated carbocycles. The van der Waals surface area contributed by atoms with Crippen molar-refractivity contribution in [2.24, 2.45) is 0 Å². The van der Waals surface area contributed by atoms with Gasteiger partial charge in [-0.2, -0.15) is 0 Å². The van der Waals surface area contributed by atoms with Crippen molar-refractivity contribution in [3.8, 4) is 0 Å². The average molecular weight is 401 g/mol. The molecule has 0 spiro atoms. The molecule has 1 aliphatic heterocycles. The number of ether oxygens (including phenoxy) is 2. The van der Waals surface area contributed by atoms with Crippen LogP contribution in [0.4, 0.5) is 11.4 Å². The fourth-order valence-electron chi connectivity index (χ4n) is 4.01. The van der Waals surface area contributed by atoms with Gasteiger partial charge in [-0.25, -0.2) is 4.79 Å². The van der Waals surface area contributed by atoms with Gasteiger partial charge in [0.2, 0.25) is 5.43 Å². The minimum Gasteiger partial charge on any atom is -0.462 e. The minimum atomic E-state index is -0.702. The molecule has 0 radical (unpaired) electrons. The Hall–Kier alpha value is -2.94. The predicted octanol–water partition coefficient (Wildman–Crippen LogP) is 2.57. The molecule has 0 N–H and O–H groups in total. The van der Waals surface area contributed by atoms with Gasteiger partial charge < -0.3 is 18.9 Å². The summed E-state index contributed by atoms with van der Waals surface area (Å²) in [5.41, 5.74) is 1.10. The SMILES string of the molecule is CCOC(=O)c1cn(C2CC2)c2c(C)c(N3CCOCC3)c([N+](=O)[O-])cc2c1=O. The third-order valence-electron chi connectivity index (χ3n) is 5.46. The second kappa shape index (κ2) is 7.47. The molecule has 0 unspecified atom stereocenters. The summed E-state index contributed by atoms with van der Waals surface area (Å²) in [6.45, 7) is 5.70. The van der Waals surface area contributed by atoms with Crippen LogP contribution in [0.25, 0.3) is 10.9 Å². The molecule has 0 bridgehead atoms. The van der Waals surface area contributed by atoms with Crippen LogP contribution in [0.3, 0.4) is 0 Å². The van der Waals surface area contributed by atoms with E-state index in [9.17, 15) is 19.7 Å². The molecular weight excluding hydrogens is 378 g/mol. The summed E-state index contributed by atoms with van der Waals surface area (Å²) < 4.78 is 12.3. The maximum atomic E-state index is 13.1. The molecule has 0 amide bonds. The number of pyridine rings is 1. The second-order valence-electron chi connectivity index (χ2n) is 7.35. The van der Waals surface area contributed by atoms with E-state index in [1.165, 1.54) is 6.07 Å². The van der Waals surface area contributed by atoms with Crippen LogP contribution in [0, 0.1) is 17.0 Å². The minimum absolute atomic E-state index is 0.0842. The maximum Gasteiger partial charge on any atom is 0.343 e. The highest BCUT2D eigenvalue weighted by Crippen LogP contribution is 2.42. The lowest BCUT2D eigenvalue weighted by atomic mass is 10.0. The molecule has 9 heteroatoms. The van der Waals surface area contributed by atoms with E-state index in [-0.39, 0.29) is 29.3 Å². The number of benzene rings is 1. The van der Waals surface area contributed by atoms with Crippen LogP contribution in [-0.2, 0) is 9.47 Å². The number of nitro groups is 1. The van der Waals surface area contributed by atoms with Crippen LogP contribution in [0.5, 0.6) is 0 Å². The lowest BCUT2D eigenvalue weighted by molar-refractivity contribution is -0.384. The van der Waals surface area contributed by atoms with Gasteiger partial charge in [-0.3, -0.25) is 14.9 Å². The lowest BCUT2D eigenvalue weighted by Crippen LogP contribution is -2.37. The van der Waals surface area contributed by atoms with Gasteiger partial charge >= 0.3 is 5.97 Å². The van der Waals surface area contributed by atoms with Crippen molar-refractivity contribution in [2.45, 2.75) is 32.7 Å². The zero-order valence-corrected chi connectivity index (χ0v) is 16.5. The summed E-state index contributed by atoms with van der Waals surface area (Å²) >= 11 is 0. The highest BCUT2D eigenvalue weighted by molar-refractivity contribution is 5.98. The number of carbonyl (C=O) groups excluding carboxylic acids is 1. The molecule has 1 aliphatic carbocycles. The van der Waals surface area contributed by atoms with E-state index in [4.69, 9.17) is 9.47 Å². The molecule has 2 aromatic rings. The van der Waals surface area contributed by atoms with E-state index in [2.05, 4.69) is 0 Å². The Labute approximate surface area is 167 Å². The molecule has 1 saturated heterocycles. The van der Waals surface area contributed by atoms with Crippen molar-refractivity contribution in [1.82, 2.24) is 4.57 Å². The molecule has 9 nitrogen and oxygen atoms in total. The fraction of sp³-hybridized carbons (Fsp3) is 0.500. The van der Waals surface area contributed by atoms with Gasteiger partial charge in [0.15, 0.2) is 0 Å². The van der Waals surface area contributed by atoms with Gasteiger partial charge in [0, 0.05) is 37.0 Å². The van der Waals surface area contributed by atoms with Gasteiger partial charge in [0.25, 0.3) is 5.69 Å². The topological polar surface area (TPSA) is 104 Å². The summed E-state index contributed by atoms with van der Waals surface area (Å²) in [5.74, 6) is -0.702. The van der Waals surface area contributed by atoms with Crippen LogP contribution in [0.2, 0.25) is 0 Å². The molecule has 29 heavy (non-hydrogen) atoms. The Morgan fingerprint density at radius 3 is 2.62 bits per heavy atom. The Kier molecular flexibility index (Phi) is 4.99. The number of carbonyl (C=O) groups is 1. The quantitative estimate of drug-likeness (QED) is 0.431. The first-order chi connectivity index (χ1) is 13.9. The molecule has 4 rings (SSSR count). The molecular formula is C20H23N3O6. The Balaban J connectivity index is 2.03. The average Bonchev–Trinajstić information content (AvgIpc) is 3.54. The molecule has 2 aliphatic rings. The van der Waals surface area contributed by atoms with Gasteiger partial charge in [-0.15, -0.1) is 0 Å². The third-order valence-corrected chi connectivity index (χ3v) is 5.46. The number of aromatic nitrogens is 1. The number of nitrogens with zero attached hydrogens (tertiary/aromatic N) is 3. The van der Waals surface area contributed by atoms with Crippen molar-refractivity contribution in [2.75, 3.05) is 37.8 Å². The number of hydrogen-bond acceptors (Lipinski definition) is 7. The van der Waals surface area contributed by atoms with Gasteiger partial charge in [-0.05, 0) is 26.7 Å². The fourth-order valence-corrected chi connectivity index (χ4v) is 4.01. The second-order valence-corrected chi connectivity index (χ2v) is 7.35. The van der Waals surface area contributed by atoms with Crippen LogP contribution < -0.4 is 10.3 Å². The standard InChI is InChI=1S/C20H23N3O6/c1-3-29-20(25)15-11-22(13-4-5-13)17-12(2)18(21-6-8-28-9-7-21)16(23(26)27)10-14(17)19(15)24/h10-11,13H,3-9H2,1-2H3. The van der Waals surface area contributed by atoms with E-state index < -0.39 is 16.3 Å². The summed E-state index contributed by atoms with van der Waals surface area (Å²) in [6.07, 6.45) is 3.43. The first-order valence-corrected chi connectivity index (χ1v) is 9.80. The smallest absolute Gasteiger partial charge is 0.343 e. The monoisotopic (exact) mass is 401 g/mol. The third kappa shape index (κ3) is 3.35. The number of hydrogen-bond donors (Lipinski definition) is 0. The van der Waals surface area contributed by atoms with Crippen molar-refractivity contribution >= 4 is 28.2 Å². The van der Waals surface area contributed by atoms with E-state index in [1.807, 2.05) is 16.4 Å². The number of nitro benzene ring substituents is 1. The largest absolute Gasteiger partial charge is 0.462 e. The summed E-state index contributed by atoms with van der Waals surface area (Å²) in [6, 6.07) is 1.49. The number of fused-ring (bicyclic) bond motifs is 1. The number of aryl methyl sites for hydroxylation is 1. The summed E-state index contributed by atoms with van der Waals surface area (Å²) in [7, 11) is 0. The molecule has 154 valence electrons. The van der Waals surface area contributed by atoms with Gasteiger partial charge in [0.05, 0.1) is 35.6 Å². The van der Waals surface area contributed by atoms with E-state index in [0.29, 0.717) is 43.1 Å².